The van der Waals surface area contributed by atoms with Gasteiger partial charge in [-0.1, -0.05) is 54.6 Å². The van der Waals surface area contributed by atoms with Crippen molar-refractivity contribution in [3.8, 4) is 11.1 Å². The molecule has 3 nitrogen and oxygen atoms in total. The first-order chi connectivity index (χ1) is 16.3. The molecule has 3 aromatic rings. The number of benzene rings is 3. The van der Waals surface area contributed by atoms with Crippen LogP contribution in [0.3, 0.4) is 0 Å². The van der Waals surface area contributed by atoms with E-state index in [9.17, 15) is 22.4 Å². The van der Waals surface area contributed by atoms with Gasteiger partial charge in [-0.05, 0) is 60.8 Å². The lowest BCUT2D eigenvalue weighted by molar-refractivity contribution is -0.137. The van der Waals surface area contributed by atoms with E-state index >= 15 is 0 Å². The highest BCUT2D eigenvalue weighted by Crippen LogP contribution is 2.30. The summed E-state index contributed by atoms with van der Waals surface area (Å²) in [6.07, 6.45) is -3.08. The van der Waals surface area contributed by atoms with Gasteiger partial charge < -0.3 is 5.32 Å². The van der Waals surface area contributed by atoms with Gasteiger partial charge >= 0.3 is 6.18 Å². The second kappa shape index (κ2) is 10.4. The van der Waals surface area contributed by atoms with Crippen molar-refractivity contribution < 1.29 is 22.4 Å². The van der Waals surface area contributed by atoms with Crippen LogP contribution in [0.5, 0.6) is 0 Å². The number of nitrogens with zero attached hydrogens (tertiary/aromatic N) is 1. The Hall–Kier alpha value is -3.19. The first kappa shape index (κ1) is 24.0. The molecular formula is C27H26F4N2O. The Morgan fingerprint density at radius 2 is 1.59 bits per heavy atom. The third-order valence-corrected chi connectivity index (χ3v) is 6.25. The first-order valence-electron chi connectivity index (χ1n) is 11.3. The van der Waals surface area contributed by atoms with Crippen LogP contribution in [-0.2, 0) is 24.1 Å². The number of hydrogen-bond acceptors (Lipinski definition) is 2. The largest absolute Gasteiger partial charge is 0.416 e. The zero-order valence-electron chi connectivity index (χ0n) is 18.6. The van der Waals surface area contributed by atoms with Crippen molar-refractivity contribution in [3.63, 3.8) is 0 Å². The molecule has 1 N–H and O–H groups in total. The molecule has 1 aliphatic heterocycles. The van der Waals surface area contributed by atoms with Gasteiger partial charge in [0.2, 0.25) is 5.91 Å². The van der Waals surface area contributed by atoms with Gasteiger partial charge in [-0.15, -0.1) is 0 Å². The molecule has 7 heteroatoms. The molecule has 178 valence electrons. The highest BCUT2D eigenvalue weighted by Gasteiger charge is 2.30. The topological polar surface area (TPSA) is 32.3 Å². The molecule has 0 bridgehead atoms. The Morgan fingerprint density at radius 1 is 0.912 bits per heavy atom. The summed E-state index contributed by atoms with van der Waals surface area (Å²) in [5, 5.41) is 2.78. The highest BCUT2D eigenvalue weighted by atomic mass is 19.4. The Kier molecular flexibility index (Phi) is 7.32. The van der Waals surface area contributed by atoms with Crippen molar-refractivity contribution >= 4 is 5.91 Å². The van der Waals surface area contributed by atoms with E-state index in [2.05, 4.69) is 10.2 Å². The van der Waals surface area contributed by atoms with E-state index in [0.717, 1.165) is 23.3 Å². The number of nitrogens with one attached hydrogen (secondary N) is 1. The van der Waals surface area contributed by atoms with Crippen molar-refractivity contribution in [1.82, 2.24) is 10.2 Å². The van der Waals surface area contributed by atoms with Crippen LogP contribution >= 0.6 is 0 Å². The number of hydrogen-bond donors (Lipinski definition) is 1. The van der Waals surface area contributed by atoms with Crippen molar-refractivity contribution in [2.75, 3.05) is 13.1 Å². The number of rotatable bonds is 6. The second-order valence-electron chi connectivity index (χ2n) is 8.60. The zero-order chi connectivity index (χ0) is 24.1. The van der Waals surface area contributed by atoms with E-state index in [1.165, 1.54) is 12.1 Å². The maximum absolute atomic E-state index is 14.3. The molecule has 0 aromatic heterocycles. The predicted molar refractivity (Wildman–Crippen MR) is 123 cm³/mol. The van der Waals surface area contributed by atoms with E-state index in [1.807, 2.05) is 30.3 Å². The number of halogens is 4. The summed E-state index contributed by atoms with van der Waals surface area (Å²) in [5.74, 6) is -0.571. The van der Waals surface area contributed by atoms with Crippen molar-refractivity contribution in [2.24, 2.45) is 5.92 Å². The smallest absolute Gasteiger partial charge is 0.352 e. The fraction of sp³-hybridized carbons (Fsp3) is 0.296. The molecule has 0 spiro atoms. The molecule has 0 radical (unpaired) electrons. The summed E-state index contributed by atoms with van der Waals surface area (Å²) in [4.78, 5) is 14.8. The fourth-order valence-corrected chi connectivity index (χ4v) is 4.39. The van der Waals surface area contributed by atoms with Crippen LogP contribution < -0.4 is 5.32 Å². The Balaban J connectivity index is 1.31. The fourth-order valence-electron chi connectivity index (χ4n) is 4.39. The first-order valence-corrected chi connectivity index (χ1v) is 11.3. The summed E-state index contributed by atoms with van der Waals surface area (Å²) in [6, 6.07) is 19.5. The van der Waals surface area contributed by atoms with Crippen molar-refractivity contribution in [2.45, 2.75) is 32.1 Å². The van der Waals surface area contributed by atoms with Crippen LogP contribution in [0.1, 0.15) is 29.5 Å². The summed E-state index contributed by atoms with van der Waals surface area (Å²) in [7, 11) is 0. The molecule has 1 saturated heterocycles. The molecule has 4 rings (SSSR count). The number of carbonyl (C=O) groups excluding carboxylic acids is 1. The number of carbonyl (C=O) groups is 1. The molecule has 1 aliphatic rings. The Bertz CT molecular complexity index is 1140. The van der Waals surface area contributed by atoms with Gasteiger partial charge in [-0.2, -0.15) is 13.2 Å². The zero-order valence-corrected chi connectivity index (χ0v) is 18.6. The van der Waals surface area contributed by atoms with E-state index < -0.39 is 11.7 Å². The van der Waals surface area contributed by atoms with Crippen LogP contribution in [0.25, 0.3) is 11.1 Å². The van der Waals surface area contributed by atoms with Crippen molar-refractivity contribution in [3.05, 3.63) is 95.3 Å². The summed E-state index contributed by atoms with van der Waals surface area (Å²) in [6.45, 7) is 2.16. The van der Waals surface area contributed by atoms with Gasteiger partial charge in [0.25, 0.3) is 0 Å². The van der Waals surface area contributed by atoms with Crippen LogP contribution in [0.15, 0.2) is 72.8 Å². The SMILES string of the molecule is O=C(NCc1cccc(C(F)(F)F)c1)C1CCN(Cc2ccccc2-c2ccccc2F)CC1. The molecule has 1 amide bonds. The monoisotopic (exact) mass is 470 g/mol. The molecule has 0 aliphatic carbocycles. The van der Waals surface area contributed by atoms with Crippen LogP contribution in [0.4, 0.5) is 17.6 Å². The lowest BCUT2D eigenvalue weighted by Crippen LogP contribution is -2.40. The van der Waals surface area contributed by atoms with Gasteiger partial charge in [0.1, 0.15) is 5.82 Å². The quantitative estimate of drug-likeness (QED) is 0.446. The van der Waals surface area contributed by atoms with E-state index in [1.54, 1.807) is 18.2 Å². The molecule has 34 heavy (non-hydrogen) atoms. The second-order valence-corrected chi connectivity index (χ2v) is 8.60. The number of likely N-dealkylation sites (tertiary alicyclic amines) is 1. The minimum atomic E-state index is -4.41. The lowest BCUT2D eigenvalue weighted by atomic mass is 9.94. The third kappa shape index (κ3) is 5.83. The van der Waals surface area contributed by atoms with Crippen molar-refractivity contribution in [1.29, 1.82) is 0 Å². The molecule has 0 unspecified atom stereocenters. The summed E-state index contributed by atoms with van der Waals surface area (Å²) in [5.41, 5.74) is 2.16. The van der Waals surface area contributed by atoms with E-state index in [4.69, 9.17) is 0 Å². The minimum Gasteiger partial charge on any atom is -0.352 e. The molecule has 0 saturated carbocycles. The number of alkyl halides is 3. The highest BCUT2D eigenvalue weighted by molar-refractivity contribution is 5.78. The van der Waals surface area contributed by atoms with Gasteiger partial charge in [0, 0.05) is 24.6 Å². The van der Waals surface area contributed by atoms with Gasteiger partial charge in [-0.25, -0.2) is 4.39 Å². The standard InChI is InChI=1S/C27H26F4N2O/c28-25-11-4-3-10-24(25)23-9-2-1-7-21(23)18-33-14-12-20(13-15-33)26(34)32-17-19-6-5-8-22(16-19)27(29,30)31/h1-11,16,20H,12-15,17-18H2,(H,32,34). The van der Waals surface area contributed by atoms with Gasteiger partial charge in [0.15, 0.2) is 0 Å². The Labute approximate surface area is 196 Å². The molecular weight excluding hydrogens is 444 g/mol. The van der Waals surface area contributed by atoms with Crippen LogP contribution in [0.2, 0.25) is 0 Å². The van der Waals surface area contributed by atoms with Crippen LogP contribution in [0, 0.1) is 11.7 Å². The third-order valence-electron chi connectivity index (χ3n) is 6.25. The number of amides is 1. The normalized spacial score (nSPS) is 15.3. The number of piperidine rings is 1. The van der Waals surface area contributed by atoms with E-state index in [0.29, 0.717) is 43.6 Å². The van der Waals surface area contributed by atoms with Crippen LogP contribution in [-0.4, -0.2) is 23.9 Å². The Morgan fingerprint density at radius 3 is 2.29 bits per heavy atom. The molecule has 3 aromatic carbocycles. The maximum Gasteiger partial charge on any atom is 0.416 e. The molecule has 0 atom stereocenters. The average Bonchev–Trinajstić information content (AvgIpc) is 2.83. The van der Waals surface area contributed by atoms with E-state index in [-0.39, 0.29) is 24.2 Å². The van der Waals surface area contributed by atoms with Gasteiger partial charge in [0.05, 0.1) is 5.56 Å². The molecule has 1 fully saturated rings. The predicted octanol–water partition coefficient (Wildman–Crippen LogP) is 6.04. The minimum absolute atomic E-state index is 0.0684. The molecule has 1 heterocycles. The average molecular weight is 471 g/mol. The lowest BCUT2D eigenvalue weighted by Gasteiger charge is -2.31. The summed E-state index contributed by atoms with van der Waals surface area (Å²) < 4.78 is 53.0. The summed E-state index contributed by atoms with van der Waals surface area (Å²) >= 11 is 0. The van der Waals surface area contributed by atoms with Gasteiger partial charge in [-0.3, -0.25) is 9.69 Å². The maximum atomic E-state index is 14.3.